The van der Waals surface area contributed by atoms with E-state index in [0.29, 0.717) is 23.7 Å². The van der Waals surface area contributed by atoms with Gasteiger partial charge in [0.25, 0.3) is 0 Å². The summed E-state index contributed by atoms with van der Waals surface area (Å²) in [5.41, 5.74) is 1.90. The summed E-state index contributed by atoms with van der Waals surface area (Å²) < 4.78 is 10.8. The van der Waals surface area contributed by atoms with Gasteiger partial charge in [0.2, 0.25) is 0 Å². The van der Waals surface area contributed by atoms with E-state index in [4.69, 9.17) is 14.6 Å². The molecular formula is C19H24O5. The number of carbonyl (C=O) groups is 2. The number of rotatable bonds is 7. The molecule has 0 aromatic heterocycles. The van der Waals surface area contributed by atoms with Crippen LogP contribution in [0.3, 0.4) is 0 Å². The monoisotopic (exact) mass is 332 g/mol. The molecule has 5 heteroatoms. The average molecular weight is 332 g/mol. The van der Waals surface area contributed by atoms with E-state index in [1.807, 2.05) is 12.1 Å². The molecule has 0 spiro atoms. The molecule has 0 unspecified atom stereocenters. The van der Waals surface area contributed by atoms with Gasteiger partial charge in [-0.15, -0.1) is 0 Å². The second-order valence-corrected chi connectivity index (χ2v) is 6.19. The molecule has 1 saturated carbocycles. The van der Waals surface area contributed by atoms with Crippen LogP contribution in [0.1, 0.15) is 54.4 Å². The lowest BCUT2D eigenvalue weighted by Gasteiger charge is -2.28. The molecule has 0 bridgehead atoms. The minimum absolute atomic E-state index is 0.197. The van der Waals surface area contributed by atoms with Crippen LogP contribution in [0.5, 0.6) is 0 Å². The highest BCUT2D eigenvalue weighted by Gasteiger charge is 2.23. The predicted molar refractivity (Wildman–Crippen MR) is 90.1 cm³/mol. The van der Waals surface area contributed by atoms with Crippen LogP contribution >= 0.6 is 0 Å². The van der Waals surface area contributed by atoms with Gasteiger partial charge >= 0.3 is 11.9 Å². The standard InChI is InChI=1S/C19H24O5/c1-13(2)19(22)24-12-11-23-17-9-7-15(8-10-17)14-3-5-16(6-4-14)18(20)21/h3-6,15,17H,1,7-12H2,2H3,(H,20,21). The van der Waals surface area contributed by atoms with Crippen molar-refractivity contribution in [2.75, 3.05) is 13.2 Å². The normalized spacial score (nSPS) is 20.4. The second-order valence-electron chi connectivity index (χ2n) is 6.19. The SMILES string of the molecule is C=C(C)C(=O)OCCOC1CCC(c2ccc(C(=O)O)cc2)CC1. The van der Waals surface area contributed by atoms with Gasteiger partial charge in [-0.25, -0.2) is 9.59 Å². The Bertz CT molecular complexity index is 582. The van der Waals surface area contributed by atoms with Gasteiger partial charge in [0.05, 0.1) is 18.3 Å². The molecule has 1 aromatic carbocycles. The molecule has 1 aromatic rings. The number of carboxylic acid groups (broad SMARTS) is 1. The topological polar surface area (TPSA) is 72.8 Å². The van der Waals surface area contributed by atoms with Crippen LogP contribution in [0.2, 0.25) is 0 Å². The van der Waals surface area contributed by atoms with Gasteiger partial charge in [0.1, 0.15) is 6.61 Å². The zero-order chi connectivity index (χ0) is 17.5. The van der Waals surface area contributed by atoms with E-state index in [9.17, 15) is 9.59 Å². The number of benzene rings is 1. The van der Waals surface area contributed by atoms with Gasteiger partial charge in [0, 0.05) is 5.57 Å². The van der Waals surface area contributed by atoms with E-state index in [0.717, 1.165) is 25.7 Å². The van der Waals surface area contributed by atoms with E-state index < -0.39 is 5.97 Å². The van der Waals surface area contributed by atoms with Crippen molar-refractivity contribution in [1.82, 2.24) is 0 Å². The largest absolute Gasteiger partial charge is 0.478 e. The minimum atomic E-state index is -0.897. The second kappa shape index (κ2) is 8.64. The molecular weight excluding hydrogens is 308 g/mol. The lowest BCUT2D eigenvalue weighted by atomic mass is 9.82. The number of esters is 1. The molecule has 0 aliphatic heterocycles. The lowest BCUT2D eigenvalue weighted by molar-refractivity contribution is -0.141. The summed E-state index contributed by atoms with van der Waals surface area (Å²) >= 11 is 0. The van der Waals surface area contributed by atoms with Crippen LogP contribution in [0.4, 0.5) is 0 Å². The predicted octanol–water partition coefficient (Wildman–Crippen LogP) is 3.55. The van der Waals surface area contributed by atoms with Crippen LogP contribution in [0, 0.1) is 0 Å². The van der Waals surface area contributed by atoms with E-state index in [1.165, 1.54) is 5.56 Å². The Morgan fingerprint density at radius 1 is 1.12 bits per heavy atom. The molecule has 5 nitrogen and oxygen atoms in total. The van der Waals surface area contributed by atoms with Gasteiger partial charge < -0.3 is 14.6 Å². The fraction of sp³-hybridized carbons (Fsp3) is 0.474. The Balaban J connectivity index is 1.70. The molecule has 0 radical (unpaired) electrons. The third kappa shape index (κ3) is 5.20. The van der Waals surface area contributed by atoms with Crippen LogP contribution in [-0.2, 0) is 14.3 Å². The number of carboxylic acids is 1. The Kier molecular flexibility index (Phi) is 6.55. The third-order valence-corrected chi connectivity index (χ3v) is 4.32. The summed E-state index contributed by atoms with van der Waals surface area (Å²) in [6.45, 7) is 5.80. The molecule has 1 N–H and O–H groups in total. The van der Waals surface area contributed by atoms with Gasteiger partial charge in [-0.3, -0.25) is 0 Å². The molecule has 0 saturated heterocycles. The van der Waals surface area contributed by atoms with Crippen molar-refractivity contribution in [2.45, 2.75) is 44.6 Å². The third-order valence-electron chi connectivity index (χ3n) is 4.32. The minimum Gasteiger partial charge on any atom is -0.478 e. The zero-order valence-electron chi connectivity index (χ0n) is 14.0. The Morgan fingerprint density at radius 2 is 1.75 bits per heavy atom. The van der Waals surface area contributed by atoms with Crippen LogP contribution < -0.4 is 0 Å². The first-order valence-corrected chi connectivity index (χ1v) is 8.25. The van der Waals surface area contributed by atoms with Crippen molar-refractivity contribution < 1.29 is 24.2 Å². The summed E-state index contributed by atoms with van der Waals surface area (Å²) in [6.07, 6.45) is 4.15. The molecule has 2 rings (SSSR count). The highest BCUT2D eigenvalue weighted by Crippen LogP contribution is 2.34. The van der Waals surface area contributed by atoms with Gasteiger partial charge in [-0.1, -0.05) is 18.7 Å². The van der Waals surface area contributed by atoms with E-state index in [2.05, 4.69) is 6.58 Å². The first kappa shape index (κ1) is 18.2. The average Bonchev–Trinajstić information content (AvgIpc) is 2.59. The van der Waals surface area contributed by atoms with Crippen molar-refractivity contribution in [3.8, 4) is 0 Å². The highest BCUT2D eigenvalue weighted by atomic mass is 16.6. The van der Waals surface area contributed by atoms with Crippen molar-refractivity contribution >= 4 is 11.9 Å². The van der Waals surface area contributed by atoms with Crippen molar-refractivity contribution in [3.63, 3.8) is 0 Å². The van der Waals surface area contributed by atoms with Gasteiger partial charge in [0.15, 0.2) is 0 Å². The lowest BCUT2D eigenvalue weighted by Crippen LogP contribution is -2.23. The molecule has 0 amide bonds. The van der Waals surface area contributed by atoms with E-state index in [1.54, 1.807) is 19.1 Å². The molecule has 1 fully saturated rings. The molecule has 0 heterocycles. The van der Waals surface area contributed by atoms with E-state index in [-0.39, 0.29) is 18.7 Å². The number of ether oxygens (including phenoxy) is 2. The number of carbonyl (C=O) groups excluding carboxylic acids is 1. The van der Waals surface area contributed by atoms with Crippen molar-refractivity contribution in [2.24, 2.45) is 0 Å². The van der Waals surface area contributed by atoms with Crippen LogP contribution in [-0.4, -0.2) is 36.4 Å². The molecule has 130 valence electrons. The summed E-state index contributed by atoms with van der Waals surface area (Å²) in [5.74, 6) is -0.827. The first-order valence-electron chi connectivity index (χ1n) is 8.25. The fourth-order valence-electron chi connectivity index (χ4n) is 2.93. The van der Waals surface area contributed by atoms with E-state index >= 15 is 0 Å². The maximum atomic E-state index is 11.2. The summed E-state index contributed by atoms with van der Waals surface area (Å²) in [4.78, 5) is 22.1. The quantitative estimate of drug-likeness (QED) is 0.470. The maximum Gasteiger partial charge on any atom is 0.335 e. The van der Waals surface area contributed by atoms with Gasteiger partial charge in [-0.05, 0) is 56.2 Å². The Labute approximate surface area is 142 Å². The summed E-state index contributed by atoms with van der Waals surface area (Å²) in [5, 5.41) is 8.94. The number of aromatic carboxylic acids is 1. The highest BCUT2D eigenvalue weighted by molar-refractivity contribution is 5.87. The fourth-order valence-corrected chi connectivity index (χ4v) is 2.93. The molecule has 24 heavy (non-hydrogen) atoms. The number of hydrogen-bond acceptors (Lipinski definition) is 4. The first-order chi connectivity index (χ1) is 11.5. The summed E-state index contributed by atoms with van der Waals surface area (Å²) in [7, 11) is 0. The Hall–Kier alpha value is -2.14. The molecule has 0 atom stereocenters. The molecule has 1 aliphatic carbocycles. The summed E-state index contributed by atoms with van der Waals surface area (Å²) in [6, 6.07) is 7.14. The Morgan fingerprint density at radius 3 is 2.29 bits per heavy atom. The smallest absolute Gasteiger partial charge is 0.335 e. The van der Waals surface area contributed by atoms with Crippen LogP contribution in [0.15, 0.2) is 36.4 Å². The number of hydrogen-bond donors (Lipinski definition) is 1. The van der Waals surface area contributed by atoms with Gasteiger partial charge in [-0.2, -0.15) is 0 Å². The van der Waals surface area contributed by atoms with Crippen molar-refractivity contribution in [1.29, 1.82) is 0 Å². The molecule has 1 aliphatic rings. The zero-order valence-corrected chi connectivity index (χ0v) is 14.0. The maximum absolute atomic E-state index is 11.2. The van der Waals surface area contributed by atoms with Crippen LogP contribution in [0.25, 0.3) is 0 Å². The van der Waals surface area contributed by atoms with Crippen molar-refractivity contribution in [3.05, 3.63) is 47.5 Å².